The van der Waals surface area contributed by atoms with Crippen LogP contribution in [0.1, 0.15) is 5.56 Å². The SMILES string of the molecule is COc1c(C)c(SOOO)cc2ccc(N)cc12. The number of nitrogen functional groups attached to an aromatic ring is 1. The lowest BCUT2D eigenvalue weighted by Crippen LogP contribution is -1.93. The van der Waals surface area contributed by atoms with E-state index < -0.39 is 0 Å². The molecule has 0 unspecified atom stereocenters. The van der Waals surface area contributed by atoms with Crippen LogP contribution in [-0.4, -0.2) is 12.4 Å². The Labute approximate surface area is 109 Å². The molecule has 18 heavy (non-hydrogen) atoms. The fourth-order valence-electron chi connectivity index (χ4n) is 1.86. The third-order valence-corrected chi connectivity index (χ3v) is 3.41. The van der Waals surface area contributed by atoms with Gasteiger partial charge in [-0.1, -0.05) is 11.1 Å². The van der Waals surface area contributed by atoms with Crippen LogP contribution >= 0.6 is 12.0 Å². The Morgan fingerprint density at radius 2 is 2.06 bits per heavy atom. The van der Waals surface area contributed by atoms with E-state index in [0.29, 0.717) is 5.69 Å². The van der Waals surface area contributed by atoms with Crippen LogP contribution in [0, 0.1) is 6.92 Å². The lowest BCUT2D eigenvalue weighted by molar-refractivity contribution is -0.432. The van der Waals surface area contributed by atoms with E-state index in [4.69, 9.17) is 15.7 Å². The van der Waals surface area contributed by atoms with E-state index in [1.54, 1.807) is 7.11 Å². The summed E-state index contributed by atoms with van der Waals surface area (Å²) in [4.78, 5) is 0.790. The Bertz CT molecular complexity index is 573. The normalized spacial score (nSPS) is 10.8. The van der Waals surface area contributed by atoms with E-state index in [9.17, 15) is 0 Å². The number of methoxy groups -OCH3 is 1. The van der Waals surface area contributed by atoms with Crippen LogP contribution < -0.4 is 10.5 Å². The molecule has 6 heteroatoms. The predicted octanol–water partition coefficient (Wildman–Crippen LogP) is 3.17. The van der Waals surface area contributed by atoms with E-state index in [1.165, 1.54) is 0 Å². The molecule has 2 aromatic rings. The molecule has 0 heterocycles. The molecule has 0 saturated heterocycles. The molecule has 0 saturated carbocycles. The van der Waals surface area contributed by atoms with Crippen molar-refractivity contribution in [1.82, 2.24) is 0 Å². The van der Waals surface area contributed by atoms with Crippen LogP contribution in [0.25, 0.3) is 10.8 Å². The molecular formula is C12H13NO4S. The predicted molar refractivity (Wildman–Crippen MR) is 70.3 cm³/mol. The molecule has 0 spiro atoms. The van der Waals surface area contributed by atoms with Crippen molar-refractivity contribution in [2.45, 2.75) is 11.8 Å². The maximum Gasteiger partial charge on any atom is 0.130 e. The van der Waals surface area contributed by atoms with Gasteiger partial charge in [-0.25, -0.2) is 5.26 Å². The van der Waals surface area contributed by atoms with Crippen molar-refractivity contribution in [2.24, 2.45) is 0 Å². The maximum absolute atomic E-state index is 8.20. The number of anilines is 1. The number of ether oxygens (including phenoxy) is 1. The van der Waals surface area contributed by atoms with Crippen LogP contribution in [0.4, 0.5) is 5.69 Å². The minimum absolute atomic E-state index is 0.676. The molecule has 0 aromatic heterocycles. The lowest BCUT2D eigenvalue weighted by Gasteiger charge is -2.13. The monoisotopic (exact) mass is 267 g/mol. The first-order valence-electron chi connectivity index (χ1n) is 5.19. The number of rotatable bonds is 4. The second-order valence-electron chi connectivity index (χ2n) is 3.74. The molecule has 2 rings (SSSR count). The quantitative estimate of drug-likeness (QED) is 0.383. The molecular weight excluding hydrogens is 254 g/mol. The first-order chi connectivity index (χ1) is 8.67. The van der Waals surface area contributed by atoms with Gasteiger partial charge in [0.15, 0.2) is 0 Å². The zero-order chi connectivity index (χ0) is 13.1. The Balaban J connectivity index is 2.62. The molecule has 0 aliphatic rings. The first-order valence-corrected chi connectivity index (χ1v) is 5.93. The number of nitrogens with two attached hydrogens (primary N) is 1. The summed E-state index contributed by atoms with van der Waals surface area (Å²) < 4.78 is 9.87. The van der Waals surface area contributed by atoms with E-state index in [1.807, 2.05) is 31.2 Å². The van der Waals surface area contributed by atoms with Crippen molar-refractivity contribution in [3.63, 3.8) is 0 Å². The molecule has 0 atom stereocenters. The summed E-state index contributed by atoms with van der Waals surface area (Å²) in [5.74, 6) is 0.726. The third-order valence-electron chi connectivity index (χ3n) is 2.68. The van der Waals surface area contributed by atoms with Gasteiger partial charge in [0, 0.05) is 21.5 Å². The van der Waals surface area contributed by atoms with Gasteiger partial charge >= 0.3 is 0 Å². The van der Waals surface area contributed by atoms with Crippen LogP contribution in [0.5, 0.6) is 5.75 Å². The van der Waals surface area contributed by atoms with E-state index in [-0.39, 0.29) is 0 Å². The second-order valence-corrected chi connectivity index (χ2v) is 4.48. The number of hydrogen-bond acceptors (Lipinski definition) is 6. The van der Waals surface area contributed by atoms with Gasteiger partial charge in [-0.3, -0.25) is 0 Å². The van der Waals surface area contributed by atoms with Gasteiger partial charge < -0.3 is 10.5 Å². The topological polar surface area (TPSA) is 73.9 Å². The van der Waals surface area contributed by atoms with E-state index >= 15 is 0 Å². The molecule has 3 N–H and O–H groups in total. The average molecular weight is 267 g/mol. The number of benzene rings is 2. The summed E-state index contributed by atoms with van der Waals surface area (Å²) >= 11 is 0.912. The van der Waals surface area contributed by atoms with E-state index in [2.05, 4.69) is 9.37 Å². The highest BCUT2D eigenvalue weighted by molar-refractivity contribution is 7.94. The highest BCUT2D eigenvalue weighted by atomic mass is 32.2. The van der Waals surface area contributed by atoms with E-state index in [0.717, 1.165) is 39.0 Å². The van der Waals surface area contributed by atoms with Crippen molar-refractivity contribution in [3.05, 3.63) is 29.8 Å². The Hall–Kier alpha value is -1.47. The summed E-state index contributed by atoms with van der Waals surface area (Å²) in [6, 6.07) is 7.49. The zero-order valence-electron chi connectivity index (χ0n) is 9.97. The van der Waals surface area contributed by atoms with Gasteiger partial charge in [0.2, 0.25) is 0 Å². The second kappa shape index (κ2) is 5.45. The van der Waals surface area contributed by atoms with Gasteiger partial charge in [0.25, 0.3) is 0 Å². The molecule has 0 aliphatic heterocycles. The van der Waals surface area contributed by atoms with Crippen molar-refractivity contribution in [1.29, 1.82) is 0 Å². The van der Waals surface area contributed by atoms with Gasteiger partial charge in [-0.05, 0) is 30.5 Å². The average Bonchev–Trinajstić information content (AvgIpc) is 2.37. The molecule has 96 valence electrons. The summed E-state index contributed by atoms with van der Waals surface area (Å²) in [5, 5.41) is 13.7. The van der Waals surface area contributed by atoms with Gasteiger partial charge in [-0.2, -0.15) is 0 Å². The lowest BCUT2D eigenvalue weighted by atomic mass is 10.1. The van der Waals surface area contributed by atoms with Crippen LogP contribution in [0.15, 0.2) is 29.2 Å². The van der Waals surface area contributed by atoms with Gasteiger partial charge in [0.1, 0.15) is 5.75 Å². The molecule has 0 aliphatic carbocycles. The fraction of sp³-hybridized carbons (Fsp3) is 0.167. The summed E-state index contributed by atoms with van der Waals surface area (Å²) in [7, 11) is 1.60. The Kier molecular flexibility index (Phi) is 3.93. The van der Waals surface area contributed by atoms with Gasteiger partial charge in [0.05, 0.1) is 19.2 Å². The van der Waals surface area contributed by atoms with Crippen molar-refractivity contribution in [2.75, 3.05) is 12.8 Å². The zero-order valence-corrected chi connectivity index (χ0v) is 10.8. The summed E-state index contributed by atoms with van der Waals surface area (Å²) in [6.45, 7) is 1.89. The highest BCUT2D eigenvalue weighted by Crippen LogP contribution is 2.37. The minimum Gasteiger partial charge on any atom is -0.496 e. The molecule has 2 aromatic carbocycles. The number of fused-ring (bicyclic) bond motifs is 1. The number of hydrogen-bond donors (Lipinski definition) is 2. The van der Waals surface area contributed by atoms with Crippen LogP contribution in [0.2, 0.25) is 0 Å². The minimum atomic E-state index is 0.676. The molecule has 0 radical (unpaired) electrons. The van der Waals surface area contributed by atoms with Crippen LogP contribution in [0.3, 0.4) is 0 Å². The Morgan fingerprint density at radius 1 is 1.28 bits per heavy atom. The first kappa shape index (κ1) is 13.0. The van der Waals surface area contributed by atoms with Gasteiger partial charge in [-0.15, -0.1) is 4.33 Å². The van der Waals surface area contributed by atoms with Crippen molar-refractivity contribution in [3.8, 4) is 5.75 Å². The standard InChI is InChI=1S/C12H13NO4S/c1-7-11(18-17-16-14)5-8-3-4-9(13)6-10(8)12(7)15-2/h3-6,14H,13H2,1-2H3. The summed E-state index contributed by atoms with van der Waals surface area (Å²) in [5.41, 5.74) is 7.34. The summed E-state index contributed by atoms with van der Waals surface area (Å²) in [6.07, 6.45) is 0. The van der Waals surface area contributed by atoms with Crippen LogP contribution in [-0.2, 0) is 9.37 Å². The smallest absolute Gasteiger partial charge is 0.130 e. The molecule has 0 bridgehead atoms. The largest absolute Gasteiger partial charge is 0.496 e. The van der Waals surface area contributed by atoms with Crippen molar-refractivity contribution >= 4 is 28.5 Å². The Morgan fingerprint density at radius 3 is 2.72 bits per heavy atom. The maximum atomic E-state index is 8.20. The molecule has 5 nitrogen and oxygen atoms in total. The molecule has 0 amide bonds. The highest BCUT2D eigenvalue weighted by Gasteiger charge is 2.12. The molecule has 0 fully saturated rings. The fourth-order valence-corrected chi connectivity index (χ4v) is 2.36. The third kappa shape index (κ3) is 2.37. The van der Waals surface area contributed by atoms with Crippen molar-refractivity contribution < 1.29 is 19.4 Å².